The van der Waals surface area contributed by atoms with Crippen molar-refractivity contribution in [1.82, 2.24) is 4.57 Å². The average molecular weight is 381 g/mol. The van der Waals surface area contributed by atoms with Crippen molar-refractivity contribution in [2.75, 3.05) is 13.7 Å². The van der Waals surface area contributed by atoms with Crippen LogP contribution in [0.3, 0.4) is 0 Å². The van der Waals surface area contributed by atoms with E-state index < -0.39 is 0 Å². The monoisotopic (exact) mass is 380 g/mol. The normalized spacial score (nSPS) is 14.1. The van der Waals surface area contributed by atoms with E-state index in [0.717, 1.165) is 49.6 Å². The highest BCUT2D eigenvalue weighted by Gasteiger charge is 2.20. The number of hydrogen-bond acceptors (Lipinski definition) is 4. The molecule has 25 heavy (non-hydrogen) atoms. The molecule has 2 heterocycles. The van der Waals surface area contributed by atoms with Crippen LogP contribution in [0.25, 0.3) is 0 Å². The van der Waals surface area contributed by atoms with Crippen LogP contribution in [-0.2, 0) is 13.0 Å². The number of fused-ring (bicyclic) bond motifs is 1. The van der Waals surface area contributed by atoms with E-state index in [1.54, 1.807) is 18.2 Å². The number of carbonyl (C=O) groups is 1. The van der Waals surface area contributed by atoms with Crippen LogP contribution in [0.2, 0.25) is 5.02 Å². The Kier molecular flexibility index (Phi) is 5.81. The Balaban J connectivity index is 2.04. The lowest BCUT2D eigenvalue weighted by Crippen LogP contribution is -2.21. The number of benzene rings is 1. The number of methoxy groups -OCH3 is 1. The van der Waals surface area contributed by atoms with E-state index in [0.29, 0.717) is 21.1 Å². The van der Waals surface area contributed by atoms with Crippen LogP contribution in [0.15, 0.2) is 23.2 Å². The molecule has 0 saturated heterocycles. The minimum Gasteiger partial charge on any atom is -0.496 e. The summed E-state index contributed by atoms with van der Waals surface area (Å²) in [6, 6.07) is 4.96. The minimum atomic E-state index is -0.358. The van der Waals surface area contributed by atoms with Crippen LogP contribution >= 0.6 is 22.9 Å². The first kappa shape index (κ1) is 18.0. The quantitative estimate of drug-likeness (QED) is 0.785. The van der Waals surface area contributed by atoms with Crippen molar-refractivity contribution in [3.63, 3.8) is 0 Å². The summed E-state index contributed by atoms with van der Waals surface area (Å²) >= 11 is 7.46. The third-order valence-corrected chi connectivity index (χ3v) is 5.36. The van der Waals surface area contributed by atoms with Gasteiger partial charge in [-0.1, -0.05) is 36.3 Å². The van der Waals surface area contributed by atoms with E-state index in [2.05, 4.69) is 16.5 Å². The molecular weight excluding hydrogens is 360 g/mol. The Morgan fingerprint density at radius 1 is 1.48 bits per heavy atom. The summed E-state index contributed by atoms with van der Waals surface area (Å²) in [7, 11) is 1.53. The molecule has 1 aliphatic heterocycles. The Morgan fingerprint density at radius 3 is 3.08 bits per heavy atom. The molecule has 134 valence electrons. The van der Waals surface area contributed by atoms with Gasteiger partial charge in [0.25, 0.3) is 5.91 Å². The topological polar surface area (TPSA) is 52.8 Å². The molecule has 0 bridgehead atoms. The fourth-order valence-electron chi connectivity index (χ4n) is 2.80. The van der Waals surface area contributed by atoms with Gasteiger partial charge in [0.05, 0.1) is 25.0 Å². The largest absolute Gasteiger partial charge is 0.496 e. The summed E-state index contributed by atoms with van der Waals surface area (Å²) in [5.41, 5.74) is 1.51. The molecular formula is C18H21ClN2O3S. The zero-order valence-electron chi connectivity index (χ0n) is 14.4. The molecule has 0 atom stereocenters. The molecule has 0 spiro atoms. The van der Waals surface area contributed by atoms with Gasteiger partial charge in [-0.3, -0.25) is 4.79 Å². The highest BCUT2D eigenvalue weighted by Crippen LogP contribution is 2.28. The number of carbonyl (C=O) groups excluding carboxylic acids is 1. The molecule has 0 unspecified atom stereocenters. The van der Waals surface area contributed by atoms with E-state index in [1.807, 2.05) is 0 Å². The highest BCUT2D eigenvalue weighted by molar-refractivity contribution is 7.11. The van der Waals surface area contributed by atoms with Crippen molar-refractivity contribution < 1.29 is 14.3 Å². The lowest BCUT2D eigenvalue weighted by molar-refractivity contribution is 0.0994. The molecule has 1 amide bonds. The molecule has 0 saturated carbocycles. The summed E-state index contributed by atoms with van der Waals surface area (Å²) in [6.45, 7) is 3.70. The van der Waals surface area contributed by atoms with Gasteiger partial charge < -0.3 is 14.0 Å². The van der Waals surface area contributed by atoms with Crippen molar-refractivity contribution >= 4 is 28.8 Å². The maximum atomic E-state index is 12.7. The molecule has 1 aromatic carbocycles. The van der Waals surface area contributed by atoms with Crippen molar-refractivity contribution in [2.24, 2.45) is 4.99 Å². The van der Waals surface area contributed by atoms with E-state index >= 15 is 0 Å². The van der Waals surface area contributed by atoms with Gasteiger partial charge in [0, 0.05) is 11.6 Å². The standard InChI is InChI=1S/C18H21ClN2O3S/c1-3-4-9-21-14-6-5-10-24-17(14)25-18(21)20-16(22)13-11-12(19)7-8-15(13)23-2/h7-8,11H,3-6,9-10H2,1-2H3. The molecule has 0 fully saturated rings. The Hall–Kier alpha value is -1.79. The van der Waals surface area contributed by atoms with Crippen molar-refractivity contribution in [2.45, 2.75) is 39.2 Å². The van der Waals surface area contributed by atoms with Gasteiger partial charge in [-0.25, -0.2) is 0 Å². The fourth-order valence-corrected chi connectivity index (χ4v) is 4.05. The fraction of sp³-hybridized carbons (Fsp3) is 0.444. The smallest absolute Gasteiger partial charge is 0.283 e. The molecule has 1 aliphatic rings. The van der Waals surface area contributed by atoms with Crippen molar-refractivity contribution in [3.8, 4) is 10.8 Å². The number of halogens is 1. The first-order chi connectivity index (χ1) is 12.1. The van der Waals surface area contributed by atoms with Crippen LogP contribution in [0.4, 0.5) is 0 Å². The number of ether oxygens (including phenoxy) is 2. The second-order valence-electron chi connectivity index (χ2n) is 5.84. The third kappa shape index (κ3) is 3.90. The maximum absolute atomic E-state index is 12.7. The van der Waals surface area contributed by atoms with Gasteiger partial charge in [0.1, 0.15) is 5.75 Å². The van der Waals surface area contributed by atoms with Crippen LogP contribution in [0.5, 0.6) is 10.8 Å². The summed E-state index contributed by atoms with van der Waals surface area (Å²) < 4.78 is 13.1. The molecule has 0 aliphatic carbocycles. The van der Waals surface area contributed by atoms with Gasteiger partial charge in [-0.15, -0.1) is 0 Å². The average Bonchev–Trinajstić information content (AvgIpc) is 2.96. The van der Waals surface area contributed by atoms with Gasteiger partial charge in [0.2, 0.25) is 0 Å². The van der Waals surface area contributed by atoms with Crippen LogP contribution in [0.1, 0.15) is 42.2 Å². The predicted molar refractivity (Wildman–Crippen MR) is 98.9 cm³/mol. The number of thiazole rings is 1. The number of hydrogen-bond donors (Lipinski definition) is 0. The van der Waals surface area contributed by atoms with Gasteiger partial charge >= 0.3 is 0 Å². The zero-order valence-corrected chi connectivity index (χ0v) is 16.0. The number of nitrogens with zero attached hydrogens (tertiary/aromatic N) is 2. The zero-order chi connectivity index (χ0) is 17.8. The molecule has 7 heteroatoms. The van der Waals surface area contributed by atoms with E-state index in [9.17, 15) is 4.79 Å². The third-order valence-electron chi connectivity index (χ3n) is 4.09. The number of unbranched alkanes of at least 4 members (excludes halogenated alkanes) is 1. The van der Waals surface area contributed by atoms with Crippen LogP contribution in [-0.4, -0.2) is 24.2 Å². The maximum Gasteiger partial charge on any atom is 0.283 e. The lowest BCUT2D eigenvalue weighted by atomic mass is 10.2. The lowest BCUT2D eigenvalue weighted by Gasteiger charge is -2.15. The molecule has 1 aromatic heterocycles. The van der Waals surface area contributed by atoms with E-state index in [-0.39, 0.29) is 5.91 Å². The Bertz CT molecular complexity index is 841. The molecule has 0 N–H and O–H groups in total. The SMILES string of the molecule is CCCCn1c2c(sc1=NC(=O)c1cc(Cl)ccc1OC)OCCC2. The number of rotatable bonds is 5. The summed E-state index contributed by atoms with van der Waals surface area (Å²) in [5, 5.41) is 1.36. The second kappa shape index (κ2) is 8.06. The second-order valence-corrected chi connectivity index (χ2v) is 7.21. The number of amides is 1. The van der Waals surface area contributed by atoms with Crippen molar-refractivity contribution in [1.29, 1.82) is 0 Å². The van der Waals surface area contributed by atoms with Crippen molar-refractivity contribution in [3.05, 3.63) is 39.3 Å². The highest BCUT2D eigenvalue weighted by atomic mass is 35.5. The Morgan fingerprint density at radius 2 is 2.32 bits per heavy atom. The predicted octanol–water partition coefficient (Wildman–Crippen LogP) is 4.08. The molecule has 5 nitrogen and oxygen atoms in total. The number of aromatic nitrogens is 1. The van der Waals surface area contributed by atoms with Crippen LogP contribution in [0, 0.1) is 0 Å². The van der Waals surface area contributed by atoms with E-state index in [4.69, 9.17) is 21.1 Å². The first-order valence-electron chi connectivity index (χ1n) is 8.42. The molecule has 2 aromatic rings. The van der Waals surface area contributed by atoms with Gasteiger partial charge in [-0.2, -0.15) is 4.99 Å². The Labute approximate surface area is 155 Å². The molecule has 3 rings (SSSR count). The summed E-state index contributed by atoms with van der Waals surface area (Å²) in [6.07, 6.45) is 4.06. The summed E-state index contributed by atoms with van der Waals surface area (Å²) in [5.74, 6) is 0.110. The minimum absolute atomic E-state index is 0.358. The first-order valence-corrected chi connectivity index (χ1v) is 9.61. The van der Waals surface area contributed by atoms with E-state index in [1.165, 1.54) is 18.4 Å². The summed E-state index contributed by atoms with van der Waals surface area (Å²) in [4.78, 5) is 17.8. The van der Waals surface area contributed by atoms with Crippen LogP contribution < -0.4 is 14.3 Å². The van der Waals surface area contributed by atoms with Gasteiger partial charge in [-0.05, 0) is 37.5 Å². The van der Waals surface area contributed by atoms with Gasteiger partial charge in [0.15, 0.2) is 9.86 Å². The molecule has 0 radical (unpaired) electrons.